The van der Waals surface area contributed by atoms with E-state index in [4.69, 9.17) is 5.73 Å². The van der Waals surface area contributed by atoms with E-state index in [-0.39, 0.29) is 17.9 Å². The van der Waals surface area contributed by atoms with Gasteiger partial charge >= 0.3 is 0 Å². The Morgan fingerprint density at radius 3 is 2.55 bits per heavy atom. The minimum atomic E-state index is -0.124. The molecule has 0 fully saturated rings. The molecule has 20 heavy (non-hydrogen) atoms. The maximum absolute atomic E-state index is 12.3. The Morgan fingerprint density at radius 2 is 2.00 bits per heavy atom. The lowest BCUT2D eigenvalue weighted by Gasteiger charge is -2.21. The summed E-state index contributed by atoms with van der Waals surface area (Å²) in [5.41, 5.74) is 6.75. The molecular formula is C16H20N2OS. The van der Waals surface area contributed by atoms with Crippen LogP contribution in [0.25, 0.3) is 0 Å². The van der Waals surface area contributed by atoms with Crippen LogP contribution in [0, 0.1) is 5.92 Å². The smallest absolute Gasteiger partial charge is 0.225 e. The topological polar surface area (TPSA) is 55.1 Å². The fourth-order valence-corrected chi connectivity index (χ4v) is 2.94. The number of rotatable bonds is 6. The van der Waals surface area contributed by atoms with Crippen LogP contribution in [0.3, 0.4) is 0 Å². The standard InChI is InChI=1S/C16H20N2OS/c1-2-12(11-17)16(19)18-15(14-9-6-10-20-14)13-7-4-3-5-8-13/h3-10,12,15H,2,11,17H2,1H3,(H,18,19). The summed E-state index contributed by atoms with van der Waals surface area (Å²) in [6, 6.07) is 14.0. The second-order valence-electron chi connectivity index (χ2n) is 4.71. The summed E-state index contributed by atoms with van der Waals surface area (Å²) in [7, 11) is 0. The van der Waals surface area contributed by atoms with Crippen LogP contribution in [0.4, 0.5) is 0 Å². The SMILES string of the molecule is CCC(CN)C(=O)NC(c1ccccc1)c1cccs1. The number of hydrogen-bond donors (Lipinski definition) is 2. The van der Waals surface area contributed by atoms with Crippen molar-refractivity contribution in [3.8, 4) is 0 Å². The Morgan fingerprint density at radius 1 is 1.25 bits per heavy atom. The largest absolute Gasteiger partial charge is 0.344 e. The number of nitrogens with one attached hydrogen (secondary N) is 1. The summed E-state index contributed by atoms with van der Waals surface area (Å²) in [4.78, 5) is 13.4. The molecule has 1 amide bonds. The van der Waals surface area contributed by atoms with Crippen LogP contribution in [0.5, 0.6) is 0 Å². The van der Waals surface area contributed by atoms with E-state index in [1.165, 1.54) is 0 Å². The zero-order valence-electron chi connectivity index (χ0n) is 11.6. The van der Waals surface area contributed by atoms with Crippen molar-refractivity contribution >= 4 is 17.2 Å². The number of carbonyl (C=O) groups is 1. The first-order valence-electron chi connectivity index (χ1n) is 6.85. The van der Waals surface area contributed by atoms with Crippen molar-refractivity contribution in [2.75, 3.05) is 6.54 Å². The van der Waals surface area contributed by atoms with Crippen LogP contribution >= 0.6 is 11.3 Å². The second kappa shape index (κ2) is 7.22. The summed E-state index contributed by atoms with van der Waals surface area (Å²) >= 11 is 1.65. The quantitative estimate of drug-likeness (QED) is 0.858. The van der Waals surface area contributed by atoms with Gasteiger partial charge in [0.2, 0.25) is 5.91 Å². The predicted molar refractivity (Wildman–Crippen MR) is 83.6 cm³/mol. The molecule has 0 bridgehead atoms. The van der Waals surface area contributed by atoms with E-state index in [0.29, 0.717) is 6.54 Å². The molecule has 2 aromatic rings. The maximum Gasteiger partial charge on any atom is 0.225 e. The molecule has 3 nitrogen and oxygen atoms in total. The van der Waals surface area contributed by atoms with Crippen molar-refractivity contribution in [3.05, 3.63) is 58.3 Å². The fourth-order valence-electron chi connectivity index (χ4n) is 2.14. The van der Waals surface area contributed by atoms with E-state index in [2.05, 4.69) is 5.32 Å². The van der Waals surface area contributed by atoms with Gasteiger partial charge in [0, 0.05) is 17.3 Å². The van der Waals surface area contributed by atoms with E-state index in [1.54, 1.807) is 11.3 Å². The Labute approximate surface area is 123 Å². The molecule has 2 unspecified atom stereocenters. The van der Waals surface area contributed by atoms with E-state index < -0.39 is 0 Å². The van der Waals surface area contributed by atoms with Crippen LogP contribution in [-0.4, -0.2) is 12.5 Å². The number of thiophene rings is 1. The predicted octanol–water partition coefficient (Wildman–Crippen LogP) is 2.94. The molecule has 0 spiro atoms. The number of hydrogen-bond acceptors (Lipinski definition) is 3. The third-order valence-electron chi connectivity index (χ3n) is 3.40. The van der Waals surface area contributed by atoms with E-state index in [9.17, 15) is 4.79 Å². The average Bonchev–Trinajstić information content (AvgIpc) is 3.01. The minimum Gasteiger partial charge on any atom is -0.344 e. The highest BCUT2D eigenvalue weighted by Gasteiger charge is 2.21. The highest BCUT2D eigenvalue weighted by Crippen LogP contribution is 2.26. The van der Waals surface area contributed by atoms with Crippen molar-refractivity contribution in [1.29, 1.82) is 0 Å². The van der Waals surface area contributed by atoms with Crippen molar-refractivity contribution in [2.45, 2.75) is 19.4 Å². The lowest BCUT2D eigenvalue weighted by Crippen LogP contribution is -2.37. The van der Waals surface area contributed by atoms with Gasteiger partial charge in [-0.25, -0.2) is 0 Å². The first kappa shape index (κ1) is 14.8. The Bertz CT molecular complexity index is 521. The number of amides is 1. The molecule has 1 heterocycles. The van der Waals surface area contributed by atoms with Crippen molar-refractivity contribution in [2.24, 2.45) is 11.7 Å². The summed E-state index contributed by atoms with van der Waals surface area (Å²) in [6.07, 6.45) is 0.758. The van der Waals surface area contributed by atoms with Crippen LogP contribution in [0.1, 0.15) is 29.8 Å². The van der Waals surface area contributed by atoms with Gasteiger partial charge < -0.3 is 11.1 Å². The molecule has 1 aromatic heterocycles. The average molecular weight is 288 g/mol. The van der Waals surface area contributed by atoms with E-state index in [1.807, 2.05) is 54.8 Å². The molecule has 3 N–H and O–H groups in total. The van der Waals surface area contributed by atoms with Crippen LogP contribution < -0.4 is 11.1 Å². The summed E-state index contributed by atoms with van der Waals surface area (Å²) in [6.45, 7) is 2.37. The second-order valence-corrected chi connectivity index (χ2v) is 5.69. The zero-order chi connectivity index (χ0) is 14.4. The first-order valence-corrected chi connectivity index (χ1v) is 7.73. The molecule has 0 aliphatic carbocycles. The van der Waals surface area contributed by atoms with Crippen molar-refractivity contribution in [3.63, 3.8) is 0 Å². The van der Waals surface area contributed by atoms with E-state index >= 15 is 0 Å². The minimum absolute atomic E-state index is 0.0252. The highest BCUT2D eigenvalue weighted by atomic mass is 32.1. The van der Waals surface area contributed by atoms with Gasteiger partial charge in [-0.05, 0) is 23.4 Å². The van der Waals surface area contributed by atoms with Gasteiger partial charge in [0.05, 0.1) is 6.04 Å². The molecular weight excluding hydrogens is 268 g/mol. The van der Waals surface area contributed by atoms with Gasteiger partial charge in [0.15, 0.2) is 0 Å². The number of benzene rings is 1. The Hall–Kier alpha value is -1.65. The molecule has 2 atom stereocenters. The van der Waals surface area contributed by atoms with Gasteiger partial charge in [0.25, 0.3) is 0 Å². The molecule has 0 aliphatic heterocycles. The van der Waals surface area contributed by atoms with E-state index in [0.717, 1.165) is 16.9 Å². The van der Waals surface area contributed by atoms with Gasteiger partial charge in [-0.1, -0.05) is 43.3 Å². The molecule has 1 aromatic carbocycles. The normalized spacial score (nSPS) is 13.7. The third-order valence-corrected chi connectivity index (χ3v) is 4.33. The maximum atomic E-state index is 12.3. The summed E-state index contributed by atoms with van der Waals surface area (Å²) in [5, 5.41) is 5.15. The summed E-state index contributed by atoms with van der Waals surface area (Å²) < 4.78 is 0. The monoisotopic (exact) mass is 288 g/mol. The third kappa shape index (κ3) is 3.46. The van der Waals surface area contributed by atoms with Gasteiger partial charge in [-0.3, -0.25) is 4.79 Å². The molecule has 0 saturated carbocycles. The van der Waals surface area contributed by atoms with Crippen molar-refractivity contribution in [1.82, 2.24) is 5.32 Å². The molecule has 0 radical (unpaired) electrons. The highest BCUT2D eigenvalue weighted by molar-refractivity contribution is 7.10. The lowest BCUT2D eigenvalue weighted by molar-refractivity contribution is -0.125. The Balaban J connectivity index is 2.23. The Kier molecular flexibility index (Phi) is 5.32. The zero-order valence-corrected chi connectivity index (χ0v) is 12.4. The first-order chi connectivity index (χ1) is 9.76. The van der Waals surface area contributed by atoms with Crippen LogP contribution in [-0.2, 0) is 4.79 Å². The van der Waals surface area contributed by atoms with Gasteiger partial charge in [-0.15, -0.1) is 11.3 Å². The number of carbonyl (C=O) groups excluding carboxylic acids is 1. The molecule has 4 heteroatoms. The molecule has 106 valence electrons. The molecule has 0 saturated heterocycles. The van der Waals surface area contributed by atoms with Crippen molar-refractivity contribution < 1.29 is 4.79 Å². The van der Waals surface area contributed by atoms with Crippen LogP contribution in [0.15, 0.2) is 47.8 Å². The fraction of sp³-hybridized carbons (Fsp3) is 0.312. The van der Waals surface area contributed by atoms with Gasteiger partial charge in [-0.2, -0.15) is 0 Å². The van der Waals surface area contributed by atoms with Gasteiger partial charge in [0.1, 0.15) is 0 Å². The molecule has 2 rings (SSSR count). The summed E-state index contributed by atoms with van der Waals surface area (Å²) in [5.74, 6) is -0.0987. The van der Waals surface area contributed by atoms with Crippen LogP contribution in [0.2, 0.25) is 0 Å². The lowest BCUT2D eigenvalue weighted by atomic mass is 10.0. The number of nitrogens with two attached hydrogens (primary N) is 1. The molecule has 0 aliphatic rings.